The van der Waals surface area contributed by atoms with Gasteiger partial charge in [0.25, 0.3) is 5.92 Å². The monoisotopic (exact) mass is 243 g/mol. The van der Waals surface area contributed by atoms with Crippen LogP contribution < -0.4 is 5.32 Å². The van der Waals surface area contributed by atoms with Gasteiger partial charge in [0.2, 0.25) is 0 Å². The summed E-state index contributed by atoms with van der Waals surface area (Å²) < 4.78 is 31.3. The normalized spacial score (nSPS) is 25.8. The molecule has 5 heteroatoms. The van der Waals surface area contributed by atoms with Gasteiger partial charge in [0.15, 0.2) is 0 Å². The van der Waals surface area contributed by atoms with Gasteiger partial charge in [-0.2, -0.15) is 0 Å². The predicted molar refractivity (Wildman–Crippen MR) is 58.8 cm³/mol. The fourth-order valence-electron chi connectivity index (χ4n) is 1.59. The highest BCUT2D eigenvalue weighted by molar-refractivity contribution is 5.85. The van der Waals surface area contributed by atoms with Crippen LogP contribution in [0.4, 0.5) is 8.78 Å². The third kappa shape index (κ3) is 3.02. The van der Waals surface area contributed by atoms with Crippen molar-refractivity contribution in [2.24, 2.45) is 11.3 Å². The lowest BCUT2D eigenvalue weighted by Gasteiger charge is -2.04. The molecule has 1 N–H and O–H groups in total. The molecule has 0 heterocycles. The maximum absolute atomic E-state index is 13.1. The van der Waals surface area contributed by atoms with Crippen molar-refractivity contribution >= 4 is 12.4 Å². The van der Waals surface area contributed by atoms with E-state index in [2.05, 4.69) is 5.32 Å². The molecule has 0 aromatic rings. The van der Waals surface area contributed by atoms with E-state index in [0.717, 1.165) is 13.1 Å². The Morgan fingerprint density at radius 1 is 1.33 bits per heavy atom. The first-order valence-corrected chi connectivity index (χ1v) is 5.11. The van der Waals surface area contributed by atoms with E-state index < -0.39 is 17.3 Å². The number of likely N-dealkylation sites (N-methyl/N-ethyl adjacent to an activating group) is 1. The zero-order valence-corrected chi connectivity index (χ0v) is 10.3. The van der Waals surface area contributed by atoms with Gasteiger partial charge in [-0.1, -0.05) is 20.8 Å². The van der Waals surface area contributed by atoms with Gasteiger partial charge in [-0.15, -0.1) is 12.4 Å². The average molecular weight is 244 g/mol. The van der Waals surface area contributed by atoms with E-state index >= 15 is 0 Å². The van der Waals surface area contributed by atoms with E-state index in [1.54, 1.807) is 13.8 Å². The van der Waals surface area contributed by atoms with Crippen molar-refractivity contribution in [2.75, 3.05) is 26.3 Å². The number of alkyl halides is 2. The maximum atomic E-state index is 13.1. The van der Waals surface area contributed by atoms with Crippen molar-refractivity contribution in [3.05, 3.63) is 0 Å². The quantitative estimate of drug-likeness (QED) is 0.723. The Balaban J connectivity index is 0.00000196. The Kier molecular flexibility index (Phi) is 5.44. The highest BCUT2D eigenvalue weighted by Crippen LogP contribution is 2.65. The van der Waals surface area contributed by atoms with Crippen LogP contribution in [-0.2, 0) is 4.74 Å². The second-order valence-electron chi connectivity index (χ2n) is 4.33. The third-order valence-corrected chi connectivity index (χ3v) is 3.04. The van der Waals surface area contributed by atoms with Crippen molar-refractivity contribution < 1.29 is 13.5 Å². The summed E-state index contributed by atoms with van der Waals surface area (Å²) in [5.74, 6) is -3.14. The van der Waals surface area contributed by atoms with Gasteiger partial charge >= 0.3 is 0 Å². The zero-order valence-electron chi connectivity index (χ0n) is 9.48. The van der Waals surface area contributed by atoms with Crippen molar-refractivity contribution in [1.82, 2.24) is 5.32 Å². The van der Waals surface area contributed by atoms with E-state index in [0.29, 0.717) is 6.61 Å². The number of rotatable bonds is 6. The number of halogens is 3. The summed E-state index contributed by atoms with van der Waals surface area (Å²) in [6, 6.07) is 0. The molecule has 1 unspecified atom stereocenters. The number of nitrogens with one attached hydrogen (secondary N) is 1. The minimum Gasteiger partial charge on any atom is -0.380 e. The van der Waals surface area contributed by atoms with Gasteiger partial charge < -0.3 is 10.1 Å². The van der Waals surface area contributed by atoms with E-state index in [1.165, 1.54) is 0 Å². The molecule has 0 aromatic heterocycles. The summed E-state index contributed by atoms with van der Waals surface area (Å²) in [5.41, 5.74) is -0.870. The van der Waals surface area contributed by atoms with Gasteiger partial charge in [0.1, 0.15) is 0 Å². The molecule has 0 spiro atoms. The Labute approximate surface area is 96.2 Å². The number of hydrogen-bond acceptors (Lipinski definition) is 2. The van der Waals surface area contributed by atoms with Crippen LogP contribution in [0.25, 0.3) is 0 Å². The van der Waals surface area contributed by atoms with Crippen LogP contribution in [0.15, 0.2) is 0 Å². The molecule has 0 amide bonds. The lowest BCUT2D eigenvalue weighted by molar-refractivity contribution is 0.0456. The Hall–Kier alpha value is 0.0700. The summed E-state index contributed by atoms with van der Waals surface area (Å²) in [5, 5.41) is 3.07. The van der Waals surface area contributed by atoms with Gasteiger partial charge in [-0.25, -0.2) is 8.78 Å². The molecule has 1 fully saturated rings. The van der Waals surface area contributed by atoms with Crippen molar-refractivity contribution in [1.29, 1.82) is 0 Å². The molecule has 0 radical (unpaired) electrons. The fraction of sp³-hybridized carbons (Fsp3) is 1.00. The molecule has 1 saturated carbocycles. The molecule has 0 aliphatic heterocycles. The smallest absolute Gasteiger partial charge is 0.259 e. The zero-order chi connectivity index (χ0) is 10.8. The summed E-state index contributed by atoms with van der Waals surface area (Å²) in [6.45, 7) is 7.47. The van der Waals surface area contributed by atoms with E-state index in [1.807, 2.05) is 6.92 Å². The second-order valence-corrected chi connectivity index (χ2v) is 4.33. The molecule has 0 bridgehead atoms. The summed E-state index contributed by atoms with van der Waals surface area (Å²) >= 11 is 0. The molecule has 0 saturated heterocycles. The fourth-order valence-corrected chi connectivity index (χ4v) is 1.59. The van der Waals surface area contributed by atoms with Gasteiger partial charge in [0.05, 0.1) is 19.1 Å². The van der Waals surface area contributed by atoms with E-state index in [-0.39, 0.29) is 19.0 Å². The third-order valence-electron chi connectivity index (χ3n) is 3.04. The molecule has 15 heavy (non-hydrogen) atoms. The van der Waals surface area contributed by atoms with E-state index in [4.69, 9.17) is 4.74 Å². The number of hydrogen-bond donors (Lipinski definition) is 1. The van der Waals surface area contributed by atoms with Crippen LogP contribution in [-0.4, -0.2) is 32.2 Å². The van der Waals surface area contributed by atoms with Crippen LogP contribution in [0.2, 0.25) is 0 Å². The average Bonchev–Trinajstić information content (AvgIpc) is 2.46. The minimum atomic E-state index is -2.54. The van der Waals surface area contributed by atoms with Gasteiger partial charge in [-0.3, -0.25) is 0 Å². The molecule has 1 atom stereocenters. The highest BCUT2D eigenvalue weighted by atomic mass is 35.5. The van der Waals surface area contributed by atoms with Gasteiger partial charge in [-0.05, 0) is 6.54 Å². The first kappa shape index (κ1) is 15.1. The number of ether oxygens (including phenoxy) is 1. The van der Waals surface area contributed by atoms with Crippen LogP contribution in [0, 0.1) is 11.3 Å². The van der Waals surface area contributed by atoms with Crippen LogP contribution >= 0.6 is 12.4 Å². The standard InChI is InChI=1S/C10H19F2NO.ClH/c1-4-13-5-6-14-7-8-9(2,3)10(8,11)12;/h8,13H,4-7H2,1-3H3;1H. The SMILES string of the molecule is CCNCCOCC1C(C)(C)C1(F)F.Cl. The van der Waals surface area contributed by atoms with Crippen molar-refractivity contribution in [3.63, 3.8) is 0 Å². The Morgan fingerprint density at radius 2 is 1.87 bits per heavy atom. The topological polar surface area (TPSA) is 21.3 Å². The van der Waals surface area contributed by atoms with Crippen molar-refractivity contribution in [3.8, 4) is 0 Å². The largest absolute Gasteiger partial charge is 0.380 e. The summed E-state index contributed by atoms with van der Waals surface area (Å²) in [4.78, 5) is 0. The van der Waals surface area contributed by atoms with Crippen LogP contribution in [0.5, 0.6) is 0 Å². The summed E-state index contributed by atoms with van der Waals surface area (Å²) in [7, 11) is 0. The van der Waals surface area contributed by atoms with Crippen molar-refractivity contribution in [2.45, 2.75) is 26.7 Å². The lowest BCUT2D eigenvalue weighted by Crippen LogP contribution is -2.19. The maximum Gasteiger partial charge on any atom is 0.259 e. The minimum absolute atomic E-state index is 0. The van der Waals surface area contributed by atoms with Crippen LogP contribution in [0.3, 0.4) is 0 Å². The molecule has 92 valence electrons. The molecule has 1 rings (SSSR count). The Bertz CT molecular complexity index is 186. The molecule has 1 aliphatic carbocycles. The molecular formula is C10H20ClF2NO. The van der Waals surface area contributed by atoms with Crippen LogP contribution in [0.1, 0.15) is 20.8 Å². The Morgan fingerprint density at radius 3 is 2.27 bits per heavy atom. The first-order chi connectivity index (χ1) is 6.44. The molecule has 0 aromatic carbocycles. The molecular weight excluding hydrogens is 224 g/mol. The highest BCUT2D eigenvalue weighted by Gasteiger charge is 2.74. The second kappa shape index (κ2) is 5.41. The predicted octanol–water partition coefficient (Wildman–Crippen LogP) is 2.33. The molecule has 1 aliphatic rings. The van der Waals surface area contributed by atoms with E-state index in [9.17, 15) is 8.78 Å². The first-order valence-electron chi connectivity index (χ1n) is 5.11. The lowest BCUT2D eigenvalue weighted by atomic mass is 10.1. The summed E-state index contributed by atoms with van der Waals surface area (Å²) in [6.07, 6.45) is 0. The molecule has 2 nitrogen and oxygen atoms in total. The van der Waals surface area contributed by atoms with Gasteiger partial charge in [0, 0.05) is 12.0 Å².